The number of benzene rings is 1. The number of hydrogen-bond donors (Lipinski definition) is 3. The van der Waals surface area contributed by atoms with Crippen molar-refractivity contribution in [2.24, 2.45) is 11.1 Å². The number of nitrogens with zero attached hydrogens (tertiary/aromatic N) is 2. The lowest BCUT2D eigenvalue weighted by atomic mass is 9.85. The second-order valence-electron chi connectivity index (χ2n) is 7.68. The summed E-state index contributed by atoms with van der Waals surface area (Å²) in [4.78, 5) is 26.0. The Labute approximate surface area is 166 Å². The lowest BCUT2D eigenvalue weighted by molar-refractivity contribution is -0.182. The summed E-state index contributed by atoms with van der Waals surface area (Å²) in [6.07, 6.45) is -3.68. The van der Waals surface area contributed by atoms with Gasteiger partial charge in [-0.25, -0.2) is 0 Å². The van der Waals surface area contributed by atoms with Gasteiger partial charge >= 0.3 is 6.18 Å². The number of amides is 1. The fourth-order valence-electron chi connectivity index (χ4n) is 4.08. The van der Waals surface area contributed by atoms with Crippen LogP contribution in [0.1, 0.15) is 42.5 Å². The van der Waals surface area contributed by atoms with Crippen LogP contribution in [0.4, 0.5) is 30.2 Å². The van der Waals surface area contributed by atoms with E-state index in [-0.39, 0.29) is 43.0 Å². The van der Waals surface area contributed by atoms with Gasteiger partial charge < -0.3 is 20.6 Å². The zero-order chi connectivity index (χ0) is 21.2. The van der Waals surface area contributed by atoms with Gasteiger partial charge in [-0.1, -0.05) is 0 Å². The van der Waals surface area contributed by atoms with E-state index < -0.39 is 24.1 Å². The molecule has 0 aromatic heterocycles. The molecule has 10 heteroatoms. The number of hydrogen-bond acceptors (Lipinski definition) is 6. The number of carbonyl (C=O) groups is 1. The fraction of sp³-hybridized carbons (Fsp3) is 0.632. The number of alkyl halides is 3. The summed E-state index contributed by atoms with van der Waals surface area (Å²) in [6, 6.07) is 2.68. The quantitative estimate of drug-likeness (QED) is 0.641. The van der Waals surface area contributed by atoms with E-state index in [1.165, 1.54) is 6.07 Å². The zero-order valence-corrected chi connectivity index (χ0v) is 16.1. The van der Waals surface area contributed by atoms with Crippen LogP contribution in [0.5, 0.6) is 0 Å². The smallest absolute Gasteiger partial charge is 0.391 e. The summed E-state index contributed by atoms with van der Waals surface area (Å²) in [5, 5.41) is 18.5. The van der Waals surface area contributed by atoms with Crippen LogP contribution < -0.4 is 15.5 Å². The van der Waals surface area contributed by atoms with Crippen molar-refractivity contribution in [2.75, 3.05) is 30.4 Å². The van der Waals surface area contributed by atoms with Gasteiger partial charge in [-0.2, -0.15) is 13.2 Å². The van der Waals surface area contributed by atoms with E-state index in [9.17, 15) is 28.0 Å². The Morgan fingerprint density at radius 1 is 1.21 bits per heavy atom. The molecule has 0 radical (unpaired) electrons. The predicted octanol–water partition coefficient (Wildman–Crippen LogP) is 3.55. The largest absolute Gasteiger partial charge is 0.391 e. The maximum atomic E-state index is 12.9. The van der Waals surface area contributed by atoms with Gasteiger partial charge in [0, 0.05) is 26.2 Å². The number of β-amino-alcohol motifs (C(OH)–C–C–N with tert-alkyl or cyclic N) is 1. The average molecular weight is 414 g/mol. The number of anilines is 2. The van der Waals surface area contributed by atoms with Crippen LogP contribution in [0.15, 0.2) is 17.3 Å². The van der Waals surface area contributed by atoms with Crippen LogP contribution in [0.25, 0.3) is 0 Å². The molecular weight excluding hydrogens is 389 g/mol. The second-order valence-corrected chi connectivity index (χ2v) is 7.68. The molecule has 1 heterocycles. The molecule has 3 rings (SSSR count). The van der Waals surface area contributed by atoms with Crippen LogP contribution in [0.2, 0.25) is 0 Å². The van der Waals surface area contributed by atoms with Gasteiger partial charge in [0.15, 0.2) is 0 Å². The molecule has 1 aromatic rings. The van der Waals surface area contributed by atoms with E-state index in [2.05, 4.69) is 15.8 Å². The number of aliphatic hydroxyl groups is 1. The van der Waals surface area contributed by atoms with Crippen molar-refractivity contribution in [2.45, 2.75) is 50.4 Å². The minimum atomic E-state index is -4.20. The summed E-state index contributed by atoms with van der Waals surface area (Å²) >= 11 is 0. The maximum Gasteiger partial charge on any atom is 0.391 e. The minimum absolute atomic E-state index is 0.0144. The Kier molecular flexibility index (Phi) is 6.30. The number of halogens is 3. The van der Waals surface area contributed by atoms with Gasteiger partial charge in [0.2, 0.25) is 0 Å². The Morgan fingerprint density at radius 3 is 2.41 bits per heavy atom. The third-order valence-corrected chi connectivity index (χ3v) is 5.76. The highest BCUT2D eigenvalue weighted by Crippen LogP contribution is 2.38. The van der Waals surface area contributed by atoms with E-state index in [0.29, 0.717) is 30.9 Å². The Hall–Kier alpha value is -2.36. The van der Waals surface area contributed by atoms with Crippen molar-refractivity contribution in [3.8, 4) is 0 Å². The molecule has 0 bridgehead atoms. The highest BCUT2D eigenvalue weighted by molar-refractivity contribution is 6.02. The number of nitroso groups, excluding NO2 is 1. The van der Waals surface area contributed by atoms with E-state index in [1.54, 1.807) is 13.1 Å². The maximum absolute atomic E-state index is 12.9. The molecule has 7 nitrogen and oxygen atoms in total. The molecule has 2 fully saturated rings. The summed E-state index contributed by atoms with van der Waals surface area (Å²) in [5.74, 6) is -1.78. The normalized spacial score (nSPS) is 25.0. The SMILES string of the molecule is CNc1cc(N2CCC(O)C2)c(C(=O)NC2CCC(C(F)(F)F)CC2)cc1N=O. The van der Waals surface area contributed by atoms with E-state index in [0.717, 1.165) is 0 Å². The van der Waals surface area contributed by atoms with Gasteiger partial charge in [0.25, 0.3) is 5.91 Å². The van der Waals surface area contributed by atoms with Gasteiger partial charge in [-0.15, -0.1) is 4.91 Å². The second kappa shape index (κ2) is 8.56. The molecule has 3 N–H and O–H groups in total. The standard InChI is InChI=1S/C19H25F3N4O3/c1-23-15-9-17(26-7-6-13(27)10-26)14(8-16(15)25-29)18(28)24-12-4-2-11(3-5-12)19(20,21)22/h8-9,11-13,23,27H,2-7,10H2,1H3,(H,24,28). The molecule has 1 saturated heterocycles. The number of rotatable bonds is 5. The third-order valence-electron chi connectivity index (χ3n) is 5.76. The lowest BCUT2D eigenvalue weighted by Gasteiger charge is -2.31. The van der Waals surface area contributed by atoms with E-state index >= 15 is 0 Å². The molecule has 1 unspecified atom stereocenters. The lowest BCUT2D eigenvalue weighted by Crippen LogP contribution is -2.40. The molecule has 0 spiro atoms. The molecule has 1 saturated carbocycles. The van der Waals surface area contributed by atoms with Crippen molar-refractivity contribution in [3.05, 3.63) is 22.6 Å². The number of nitrogens with one attached hydrogen (secondary N) is 2. The predicted molar refractivity (Wildman–Crippen MR) is 104 cm³/mol. The topological polar surface area (TPSA) is 94.0 Å². The van der Waals surface area contributed by atoms with Crippen molar-refractivity contribution >= 4 is 23.0 Å². The van der Waals surface area contributed by atoms with E-state index in [4.69, 9.17) is 0 Å². The van der Waals surface area contributed by atoms with Crippen molar-refractivity contribution in [3.63, 3.8) is 0 Å². The molecule has 1 amide bonds. The van der Waals surface area contributed by atoms with Crippen LogP contribution in [0, 0.1) is 10.8 Å². The highest BCUT2D eigenvalue weighted by atomic mass is 19.4. The summed E-state index contributed by atoms with van der Waals surface area (Å²) in [5.41, 5.74) is 1.31. The Morgan fingerprint density at radius 2 is 1.90 bits per heavy atom. The molecule has 1 aromatic carbocycles. The fourth-order valence-corrected chi connectivity index (χ4v) is 4.08. The molecule has 2 aliphatic rings. The summed E-state index contributed by atoms with van der Waals surface area (Å²) in [6.45, 7) is 0.906. The first-order valence-electron chi connectivity index (χ1n) is 9.72. The first-order chi connectivity index (χ1) is 13.7. The van der Waals surface area contributed by atoms with Crippen LogP contribution in [-0.2, 0) is 0 Å². The molecule has 1 aliphatic heterocycles. The van der Waals surface area contributed by atoms with Gasteiger partial charge in [0.1, 0.15) is 5.69 Å². The molecule has 1 aliphatic carbocycles. The first-order valence-corrected chi connectivity index (χ1v) is 9.72. The Balaban J connectivity index is 1.79. The third kappa shape index (κ3) is 4.80. The van der Waals surface area contributed by atoms with Crippen molar-refractivity contribution < 1.29 is 23.1 Å². The van der Waals surface area contributed by atoms with Gasteiger partial charge in [-0.05, 0) is 49.4 Å². The number of carbonyl (C=O) groups excluding carboxylic acids is 1. The molecule has 160 valence electrons. The van der Waals surface area contributed by atoms with Crippen LogP contribution in [-0.4, -0.2) is 49.5 Å². The molecular formula is C19H25F3N4O3. The highest BCUT2D eigenvalue weighted by Gasteiger charge is 2.41. The van der Waals surface area contributed by atoms with Crippen molar-refractivity contribution in [1.82, 2.24) is 5.32 Å². The number of aliphatic hydroxyl groups excluding tert-OH is 1. The molecule has 1 atom stereocenters. The Bertz CT molecular complexity index is 764. The van der Waals surface area contributed by atoms with Gasteiger partial charge in [0.05, 0.1) is 29.0 Å². The average Bonchev–Trinajstić information content (AvgIpc) is 3.12. The monoisotopic (exact) mass is 414 g/mol. The first kappa shape index (κ1) is 21.4. The minimum Gasteiger partial charge on any atom is -0.391 e. The van der Waals surface area contributed by atoms with Crippen LogP contribution in [0.3, 0.4) is 0 Å². The van der Waals surface area contributed by atoms with E-state index in [1.807, 2.05) is 4.90 Å². The zero-order valence-electron chi connectivity index (χ0n) is 16.1. The molecule has 29 heavy (non-hydrogen) atoms. The van der Waals surface area contributed by atoms with Crippen LogP contribution >= 0.6 is 0 Å². The van der Waals surface area contributed by atoms with Crippen molar-refractivity contribution in [1.29, 1.82) is 0 Å². The van der Waals surface area contributed by atoms with Gasteiger partial charge in [-0.3, -0.25) is 4.79 Å². The summed E-state index contributed by atoms with van der Waals surface area (Å²) < 4.78 is 38.5. The summed E-state index contributed by atoms with van der Waals surface area (Å²) in [7, 11) is 1.63.